The third-order valence-corrected chi connectivity index (χ3v) is 3.50. The zero-order chi connectivity index (χ0) is 16.4. The number of hydrogen-bond donors (Lipinski definition) is 1. The number of rotatable bonds is 3. The Kier molecular flexibility index (Phi) is 3.76. The van der Waals surface area contributed by atoms with Gasteiger partial charge in [-0.3, -0.25) is 9.78 Å². The van der Waals surface area contributed by atoms with Crippen molar-refractivity contribution in [3.63, 3.8) is 0 Å². The van der Waals surface area contributed by atoms with Crippen molar-refractivity contribution in [1.82, 2.24) is 9.55 Å². The molecule has 0 aliphatic rings. The van der Waals surface area contributed by atoms with Gasteiger partial charge in [-0.1, -0.05) is 0 Å². The van der Waals surface area contributed by atoms with E-state index in [4.69, 9.17) is 4.74 Å². The average molecular weight is 310 g/mol. The quantitative estimate of drug-likeness (QED) is 0.752. The molecule has 0 saturated carbocycles. The van der Waals surface area contributed by atoms with Crippen molar-refractivity contribution >= 4 is 22.5 Å². The Hall–Kier alpha value is -3.22. The molecule has 3 rings (SSSR count). The molecule has 1 amide bonds. The van der Waals surface area contributed by atoms with E-state index >= 15 is 0 Å². The highest BCUT2D eigenvalue weighted by Gasteiger charge is 2.15. The second-order valence-corrected chi connectivity index (χ2v) is 4.86. The Morgan fingerprint density at radius 3 is 2.87 bits per heavy atom. The Balaban J connectivity index is 2.04. The number of fused-ring (bicyclic) bond motifs is 1. The summed E-state index contributed by atoms with van der Waals surface area (Å²) >= 11 is 0. The molecule has 7 nitrogen and oxygen atoms in total. The second kappa shape index (κ2) is 5.88. The van der Waals surface area contributed by atoms with E-state index < -0.39 is 5.91 Å². The summed E-state index contributed by atoms with van der Waals surface area (Å²) in [5.41, 5.74) is 1.30. The fraction of sp³-hybridized carbons (Fsp3) is 0.125. The lowest BCUT2D eigenvalue weighted by molar-refractivity contribution is 0.0994. The lowest BCUT2D eigenvalue weighted by Gasteiger charge is -2.00. The van der Waals surface area contributed by atoms with Crippen LogP contribution in [0.2, 0.25) is 0 Å². The van der Waals surface area contributed by atoms with E-state index in [9.17, 15) is 9.90 Å². The van der Waals surface area contributed by atoms with Crippen molar-refractivity contribution < 1.29 is 14.6 Å². The first-order chi connectivity index (χ1) is 11.1. The minimum atomic E-state index is -0.530. The Labute approximate surface area is 131 Å². The number of pyridine rings is 1. The summed E-state index contributed by atoms with van der Waals surface area (Å²) in [4.78, 5) is 15.8. The van der Waals surface area contributed by atoms with Crippen LogP contribution in [0.4, 0.5) is 5.69 Å². The summed E-state index contributed by atoms with van der Waals surface area (Å²) in [5, 5.41) is 18.5. The first-order valence-corrected chi connectivity index (χ1v) is 6.83. The van der Waals surface area contributed by atoms with E-state index in [0.717, 1.165) is 5.52 Å². The standard InChI is InChI=1S/C16H14N4O3/c1-20-13-6-5-11(23-2)8-12(13)14(16(20)22)18-19-15(21)10-4-3-7-17-9-10/h3-9,22H,1-2H3. The van der Waals surface area contributed by atoms with Gasteiger partial charge in [0, 0.05) is 24.8 Å². The third-order valence-electron chi connectivity index (χ3n) is 3.50. The van der Waals surface area contributed by atoms with Crippen molar-refractivity contribution in [2.24, 2.45) is 17.3 Å². The molecule has 1 N–H and O–H groups in total. The molecule has 3 aromatic rings. The maximum absolute atomic E-state index is 12.0. The van der Waals surface area contributed by atoms with Gasteiger partial charge in [-0.15, -0.1) is 10.2 Å². The second-order valence-electron chi connectivity index (χ2n) is 4.86. The lowest BCUT2D eigenvalue weighted by atomic mass is 10.2. The summed E-state index contributed by atoms with van der Waals surface area (Å²) in [5.74, 6) is 0.0199. The summed E-state index contributed by atoms with van der Waals surface area (Å²) in [6, 6.07) is 8.56. The average Bonchev–Trinajstić information content (AvgIpc) is 2.84. The number of carbonyl (C=O) groups is 1. The summed E-state index contributed by atoms with van der Waals surface area (Å²) < 4.78 is 6.75. The monoisotopic (exact) mass is 310 g/mol. The van der Waals surface area contributed by atoms with Crippen molar-refractivity contribution in [1.29, 1.82) is 0 Å². The molecule has 0 radical (unpaired) electrons. The number of aryl methyl sites for hydroxylation is 1. The van der Waals surface area contributed by atoms with Crippen molar-refractivity contribution in [3.05, 3.63) is 48.3 Å². The number of benzene rings is 1. The SMILES string of the molecule is COc1ccc2c(c1)c(N=NC(=O)c1cccnc1)c(O)n2C. The van der Waals surface area contributed by atoms with Crippen LogP contribution in [0, 0.1) is 0 Å². The van der Waals surface area contributed by atoms with Gasteiger partial charge in [0.1, 0.15) is 5.75 Å². The summed E-state index contributed by atoms with van der Waals surface area (Å²) in [7, 11) is 3.25. The highest BCUT2D eigenvalue weighted by molar-refractivity contribution is 5.97. The van der Waals surface area contributed by atoms with Gasteiger partial charge in [-0.05, 0) is 30.3 Å². The van der Waals surface area contributed by atoms with E-state index in [1.807, 2.05) is 0 Å². The number of aromatic hydroxyl groups is 1. The van der Waals surface area contributed by atoms with E-state index in [0.29, 0.717) is 16.7 Å². The van der Waals surface area contributed by atoms with Crippen molar-refractivity contribution in [3.8, 4) is 11.6 Å². The van der Waals surface area contributed by atoms with Gasteiger partial charge in [0.05, 0.1) is 18.2 Å². The largest absolute Gasteiger partial charge is 0.497 e. The minimum absolute atomic E-state index is 0.0732. The van der Waals surface area contributed by atoms with Crippen LogP contribution >= 0.6 is 0 Å². The molecule has 23 heavy (non-hydrogen) atoms. The molecular formula is C16H14N4O3. The first kappa shape index (κ1) is 14.7. The predicted octanol–water partition coefficient (Wildman–Crippen LogP) is 3.21. The zero-order valence-corrected chi connectivity index (χ0v) is 12.6. The van der Waals surface area contributed by atoms with Crippen LogP contribution in [-0.4, -0.2) is 27.7 Å². The third kappa shape index (κ3) is 2.64. The molecule has 0 unspecified atom stereocenters. The van der Waals surface area contributed by atoms with Gasteiger partial charge >= 0.3 is 0 Å². The predicted molar refractivity (Wildman–Crippen MR) is 84.2 cm³/mol. The molecule has 0 fully saturated rings. The van der Waals surface area contributed by atoms with Gasteiger partial charge in [-0.2, -0.15) is 0 Å². The van der Waals surface area contributed by atoms with Crippen LogP contribution in [0.1, 0.15) is 10.4 Å². The van der Waals surface area contributed by atoms with Crippen LogP contribution in [-0.2, 0) is 7.05 Å². The summed E-state index contributed by atoms with van der Waals surface area (Å²) in [6.07, 6.45) is 2.98. The number of methoxy groups -OCH3 is 1. The molecular weight excluding hydrogens is 296 g/mol. The van der Waals surface area contributed by atoms with Crippen LogP contribution in [0.25, 0.3) is 10.9 Å². The maximum atomic E-state index is 12.0. The molecule has 0 atom stereocenters. The number of aromatic nitrogens is 2. The molecule has 0 aliphatic carbocycles. The number of amides is 1. The molecule has 1 aromatic carbocycles. The molecule has 0 aliphatic heterocycles. The van der Waals surface area contributed by atoms with E-state index in [2.05, 4.69) is 15.2 Å². The molecule has 7 heteroatoms. The van der Waals surface area contributed by atoms with Crippen LogP contribution in [0.5, 0.6) is 11.6 Å². The van der Waals surface area contributed by atoms with Gasteiger partial charge in [0.2, 0.25) is 5.88 Å². The molecule has 116 valence electrons. The number of carbonyl (C=O) groups excluding carboxylic acids is 1. The number of azo groups is 1. The van der Waals surface area contributed by atoms with Crippen LogP contribution < -0.4 is 4.74 Å². The van der Waals surface area contributed by atoms with Gasteiger partial charge < -0.3 is 14.4 Å². The van der Waals surface area contributed by atoms with Gasteiger partial charge in [0.25, 0.3) is 5.91 Å². The highest BCUT2D eigenvalue weighted by atomic mass is 16.5. The molecule has 2 heterocycles. The Morgan fingerprint density at radius 2 is 2.17 bits per heavy atom. The fourth-order valence-electron chi connectivity index (χ4n) is 2.26. The molecule has 0 spiro atoms. The van der Waals surface area contributed by atoms with Crippen molar-refractivity contribution in [2.45, 2.75) is 0 Å². The van der Waals surface area contributed by atoms with Gasteiger partial charge in [-0.25, -0.2) is 0 Å². The fourth-order valence-corrected chi connectivity index (χ4v) is 2.26. The smallest absolute Gasteiger partial charge is 0.296 e. The van der Waals surface area contributed by atoms with E-state index in [1.165, 1.54) is 6.20 Å². The Bertz CT molecular complexity index is 901. The number of hydrogen-bond acceptors (Lipinski definition) is 5. The first-order valence-electron chi connectivity index (χ1n) is 6.83. The van der Waals surface area contributed by atoms with E-state index in [-0.39, 0.29) is 11.6 Å². The number of nitrogens with zero attached hydrogens (tertiary/aromatic N) is 4. The summed E-state index contributed by atoms with van der Waals surface area (Å²) in [6.45, 7) is 0. The van der Waals surface area contributed by atoms with Crippen LogP contribution in [0.15, 0.2) is 53.0 Å². The normalized spacial score (nSPS) is 11.2. The maximum Gasteiger partial charge on any atom is 0.296 e. The van der Waals surface area contributed by atoms with Crippen molar-refractivity contribution in [2.75, 3.05) is 7.11 Å². The van der Waals surface area contributed by atoms with Gasteiger partial charge in [0.15, 0.2) is 5.69 Å². The molecule has 0 saturated heterocycles. The molecule has 2 aromatic heterocycles. The highest BCUT2D eigenvalue weighted by Crippen LogP contribution is 2.39. The molecule has 0 bridgehead atoms. The topological polar surface area (TPSA) is 89.1 Å². The number of ether oxygens (including phenoxy) is 1. The minimum Gasteiger partial charge on any atom is -0.497 e. The Morgan fingerprint density at radius 1 is 1.35 bits per heavy atom. The van der Waals surface area contributed by atoms with E-state index in [1.54, 1.807) is 55.3 Å². The zero-order valence-electron chi connectivity index (χ0n) is 12.6. The lowest BCUT2D eigenvalue weighted by Crippen LogP contribution is -1.93. The van der Waals surface area contributed by atoms with Crippen LogP contribution in [0.3, 0.4) is 0 Å².